The van der Waals surface area contributed by atoms with E-state index >= 15 is 0 Å². The highest BCUT2D eigenvalue weighted by molar-refractivity contribution is 6.34. The number of rotatable bonds is 3. The molecule has 2 heterocycles. The van der Waals surface area contributed by atoms with Crippen LogP contribution in [0.3, 0.4) is 0 Å². The Hall–Kier alpha value is -2.21. The van der Waals surface area contributed by atoms with Crippen molar-refractivity contribution < 1.29 is 9.18 Å². The van der Waals surface area contributed by atoms with E-state index in [0.29, 0.717) is 5.82 Å². The van der Waals surface area contributed by atoms with Crippen LogP contribution < -0.4 is 10.2 Å². The molecule has 1 aliphatic rings. The van der Waals surface area contributed by atoms with E-state index in [0.717, 1.165) is 37.8 Å². The van der Waals surface area contributed by atoms with E-state index in [2.05, 4.69) is 20.2 Å². The lowest BCUT2D eigenvalue weighted by molar-refractivity contribution is 0.102. The average Bonchev–Trinajstić information content (AvgIpc) is 2.56. The zero-order chi connectivity index (χ0) is 16.2. The summed E-state index contributed by atoms with van der Waals surface area (Å²) in [5, 5.41) is 2.74. The monoisotopic (exact) mass is 334 g/mol. The number of amides is 1. The molecule has 23 heavy (non-hydrogen) atoms. The standard InChI is InChI=1S/C16H16ClFN4O/c17-13-8-11(18)4-5-12(13)16(23)21-14-9-15(20-10-19-14)22-6-2-1-3-7-22/h4-5,8-10H,1-3,6-7H2,(H,19,20,21,23). The molecule has 0 saturated carbocycles. The van der Waals surface area contributed by atoms with Crippen LogP contribution in [0.4, 0.5) is 16.0 Å². The number of benzene rings is 1. The Kier molecular flexibility index (Phi) is 4.71. The molecule has 1 amide bonds. The summed E-state index contributed by atoms with van der Waals surface area (Å²) in [6, 6.07) is 5.38. The number of nitrogens with zero attached hydrogens (tertiary/aromatic N) is 3. The fourth-order valence-corrected chi connectivity index (χ4v) is 2.82. The van der Waals surface area contributed by atoms with Gasteiger partial charge in [0.1, 0.15) is 23.8 Å². The zero-order valence-electron chi connectivity index (χ0n) is 12.4. The van der Waals surface area contributed by atoms with Crippen molar-refractivity contribution in [2.45, 2.75) is 19.3 Å². The molecule has 3 rings (SSSR count). The van der Waals surface area contributed by atoms with Crippen LogP contribution in [0.5, 0.6) is 0 Å². The molecule has 0 radical (unpaired) electrons. The van der Waals surface area contributed by atoms with Crippen molar-refractivity contribution in [1.29, 1.82) is 0 Å². The van der Waals surface area contributed by atoms with Gasteiger partial charge in [-0.3, -0.25) is 4.79 Å². The Labute approximate surface area is 138 Å². The first-order valence-corrected chi connectivity index (χ1v) is 7.85. The predicted molar refractivity (Wildman–Crippen MR) is 87.5 cm³/mol. The van der Waals surface area contributed by atoms with Gasteiger partial charge in [-0.2, -0.15) is 0 Å². The average molecular weight is 335 g/mol. The summed E-state index contributed by atoms with van der Waals surface area (Å²) in [6.45, 7) is 1.91. The molecule has 0 atom stereocenters. The van der Waals surface area contributed by atoms with Gasteiger partial charge in [0.05, 0.1) is 10.6 Å². The maximum atomic E-state index is 13.1. The van der Waals surface area contributed by atoms with Crippen LogP contribution in [0.1, 0.15) is 29.6 Å². The molecule has 1 N–H and O–H groups in total. The maximum Gasteiger partial charge on any atom is 0.258 e. The highest BCUT2D eigenvalue weighted by Gasteiger charge is 2.15. The molecular weight excluding hydrogens is 319 g/mol. The summed E-state index contributed by atoms with van der Waals surface area (Å²) in [4.78, 5) is 22.7. The molecule has 7 heteroatoms. The number of hydrogen-bond donors (Lipinski definition) is 1. The van der Waals surface area contributed by atoms with Crippen LogP contribution in [0.2, 0.25) is 5.02 Å². The van der Waals surface area contributed by atoms with Crippen LogP contribution >= 0.6 is 11.6 Å². The van der Waals surface area contributed by atoms with E-state index in [1.807, 2.05) is 0 Å². The van der Waals surface area contributed by atoms with Crippen molar-refractivity contribution >= 4 is 29.1 Å². The lowest BCUT2D eigenvalue weighted by Gasteiger charge is -2.27. The van der Waals surface area contributed by atoms with Gasteiger partial charge in [0.25, 0.3) is 5.91 Å². The molecule has 0 aliphatic carbocycles. The smallest absolute Gasteiger partial charge is 0.258 e. The Bertz CT molecular complexity index is 719. The van der Waals surface area contributed by atoms with Crippen LogP contribution in [0.25, 0.3) is 0 Å². The minimum atomic E-state index is -0.485. The predicted octanol–water partition coefficient (Wildman–Crippen LogP) is 3.51. The van der Waals surface area contributed by atoms with Crippen molar-refractivity contribution in [1.82, 2.24) is 9.97 Å². The molecule has 1 aromatic carbocycles. The number of carbonyl (C=O) groups excluding carboxylic acids is 1. The van der Waals surface area contributed by atoms with Crippen LogP contribution in [-0.4, -0.2) is 29.0 Å². The number of halogens is 2. The fraction of sp³-hybridized carbons (Fsp3) is 0.312. The fourth-order valence-electron chi connectivity index (χ4n) is 2.57. The molecule has 0 spiro atoms. The minimum Gasteiger partial charge on any atom is -0.356 e. The zero-order valence-corrected chi connectivity index (χ0v) is 13.2. The van der Waals surface area contributed by atoms with Gasteiger partial charge in [-0.05, 0) is 37.5 Å². The van der Waals surface area contributed by atoms with E-state index in [1.54, 1.807) is 6.07 Å². The number of anilines is 2. The summed E-state index contributed by atoms with van der Waals surface area (Å²) >= 11 is 5.90. The lowest BCUT2D eigenvalue weighted by atomic mass is 10.1. The second-order valence-corrected chi connectivity index (χ2v) is 5.79. The number of aromatic nitrogens is 2. The molecule has 1 fully saturated rings. The maximum absolute atomic E-state index is 13.1. The summed E-state index contributed by atoms with van der Waals surface area (Å²) < 4.78 is 13.1. The molecule has 0 bridgehead atoms. The van der Waals surface area contributed by atoms with Crippen molar-refractivity contribution in [3.63, 3.8) is 0 Å². The van der Waals surface area contributed by atoms with Gasteiger partial charge in [0, 0.05) is 19.2 Å². The largest absolute Gasteiger partial charge is 0.356 e. The van der Waals surface area contributed by atoms with Crippen molar-refractivity contribution in [3.05, 3.63) is 47.0 Å². The quantitative estimate of drug-likeness (QED) is 0.933. The highest BCUT2D eigenvalue weighted by Crippen LogP contribution is 2.21. The van der Waals surface area contributed by atoms with Gasteiger partial charge in [0.15, 0.2) is 0 Å². The highest BCUT2D eigenvalue weighted by atomic mass is 35.5. The normalized spacial score (nSPS) is 14.6. The third-order valence-corrected chi connectivity index (χ3v) is 4.06. The first-order chi connectivity index (χ1) is 11.1. The third kappa shape index (κ3) is 3.76. The van der Waals surface area contributed by atoms with Crippen molar-refractivity contribution in [2.75, 3.05) is 23.3 Å². The van der Waals surface area contributed by atoms with Crippen molar-refractivity contribution in [2.24, 2.45) is 0 Å². The van der Waals surface area contributed by atoms with Gasteiger partial charge >= 0.3 is 0 Å². The second kappa shape index (κ2) is 6.91. The van der Waals surface area contributed by atoms with Gasteiger partial charge in [0.2, 0.25) is 0 Å². The van der Waals surface area contributed by atoms with Gasteiger partial charge in [-0.1, -0.05) is 11.6 Å². The Morgan fingerprint density at radius 2 is 1.96 bits per heavy atom. The third-order valence-electron chi connectivity index (χ3n) is 3.75. The Balaban J connectivity index is 1.75. The van der Waals surface area contributed by atoms with E-state index < -0.39 is 11.7 Å². The molecule has 2 aromatic rings. The van der Waals surface area contributed by atoms with E-state index in [4.69, 9.17) is 11.6 Å². The van der Waals surface area contributed by atoms with Crippen LogP contribution in [0.15, 0.2) is 30.6 Å². The molecular formula is C16H16ClFN4O. The SMILES string of the molecule is O=C(Nc1cc(N2CCCCC2)ncn1)c1ccc(F)cc1Cl. The molecule has 1 aliphatic heterocycles. The summed E-state index contributed by atoms with van der Waals surface area (Å²) in [5.41, 5.74) is 0.200. The first-order valence-electron chi connectivity index (χ1n) is 7.47. The number of nitrogens with one attached hydrogen (secondary N) is 1. The molecule has 1 saturated heterocycles. The summed E-state index contributed by atoms with van der Waals surface area (Å²) in [6.07, 6.45) is 4.92. The van der Waals surface area contributed by atoms with Gasteiger partial charge in [-0.25, -0.2) is 14.4 Å². The van der Waals surface area contributed by atoms with E-state index in [-0.39, 0.29) is 10.6 Å². The van der Waals surface area contributed by atoms with Gasteiger partial charge in [-0.15, -0.1) is 0 Å². The molecule has 120 valence electrons. The second-order valence-electron chi connectivity index (χ2n) is 5.39. The molecule has 0 unspecified atom stereocenters. The topological polar surface area (TPSA) is 58.1 Å². The van der Waals surface area contributed by atoms with Gasteiger partial charge < -0.3 is 10.2 Å². The summed E-state index contributed by atoms with van der Waals surface area (Å²) in [5.74, 6) is 0.269. The summed E-state index contributed by atoms with van der Waals surface area (Å²) in [7, 11) is 0. The number of piperidine rings is 1. The molecule has 5 nitrogen and oxygen atoms in total. The molecule has 1 aromatic heterocycles. The minimum absolute atomic E-state index is 0.0628. The van der Waals surface area contributed by atoms with E-state index in [9.17, 15) is 9.18 Å². The van der Waals surface area contributed by atoms with Crippen LogP contribution in [0, 0.1) is 5.82 Å². The number of hydrogen-bond acceptors (Lipinski definition) is 4. The Morgan fingerprint density at radius 1 is 1.17 bits per heavy atom. The van der Waals surface area contributed by atoms with Crippen molar-refractivity contribution in [3.8, 4) is 0 Å². The van der Waals surface area contributed by atoms with Crippen LogP contribution in [-0.2, 0) is 0 Å². The number of carbonyl (C=O) groups is 1. The Morgan fingerprint density at radius 3 is 2.70 bits per heavy atom. The lowest BCUT2D eigenvalue weighted by Crippen LogP contribution is -2.30. The first kappa shape index (κ1) is 15.7. The van der Waals surface area contributed by atoms with E-state index in [1.165, 1.54) is 24.9 Å².